The van der Waals surface area contributed by atoms with Gasteiger partial charge in [0.1, 0.15) is 5.75 Å². The van der Waals surface area contributed by atoms with Crippen LogP contribution in [0.3, 0.4) is 0 Å². The van der Waals surface area contributed by atoms with E-state index in [1.165, 1.54) is 5.56 Å². The topological polar surface area (TPSA) is 83.5 Å². The van der Waals surface area contributed by atoms with Crippen molar-refractivity contribution in [3.8, 4) is 5.75 Å². The number of benzene rings is 1. The molecule has 0 fully saturated rings. The summed E-state index contributed by atoms with van der Waals surface area (Å²) in [5, 5.41) is 16.6. The molecule has 0 bridgehead atoms. The van der Waals surface area contributed by atoms with Gasteiger partial charge in [0.05, 0.1) is 6.54 Å². The van der Waals surface area contributed by atoms with Gasteiger partial charge in [0.25, 0.3) is 0 Å². The molecule has 78 valence electrons. The average Bonchev–Trinajstić information content (AvgIpc) is 2.13. The molecule has 0 aliphatic rings. The van der Waals surface area contributed by atoms with Crippen molar-refractivity contribution in [3.63, 3.8) is 0 Å². The lowest BCUT2D eigenvalue weighted by Crippen LogP contribution is -2.10. The fraction of sp³-hybridized carbons (Fsp3) is 0.300. The van der Waals surface area contributed by atoms with Gasteiger partial charge in [-0.25, -0.2) is 0 Å². The largest absolute Gasteiger partial charge is 0.508 e. The molecule has 1 rings (SSSR count). The summed E-state index contributed by atoms with van der Waals surface area (Å²) in [4.78, 5) is 9.24. The molecule has 0 amide bonds. The molecular weight excluding hydrogens is 182 g/mol. The number of hydrogen-bond donors (Lipinski definition) is 3. The van der Waals surface area contributed by atoms with Crippen LogP contribution in [0.5, 0.6) is 5.75 Å². The Kier molecular flexibility index (Phi) is 5.33. The van der Waals surface area contributed by atoms with Gasteiger partial charge < -0.3 is 15.9 Å². The van der Waals surface area contributed by atoms with E-state index < -0.39 is 5.97 Å². The molecule has 0 heterocycles. The summed E-state index contributed by atoms with van der Waals surface area (Å²) in [6, 6.07) is 5.56. The highest BCUT2D eigenvalue weighted by Gasteiger charge is 1.91. The molecule has 0 atom stereocenters. The normalized spacial score (nSPS) is 8.79. The summed E-state index contributed by atoms with van der Waals surface area (Å²) >= 11 is 0. The number of nitrogens with two attached hydrogens (primary N) is 1. The van der Waals surface area contributed by atoms with Crippen molar-refractivity contribution in [1.29, 1.82) is 0 Å². The minimum absolute atomic E-state index is 0.278. The number of carboxylic acids is 1. The first-order valence-electron chi connectivity index (χ1n) is 4.15. The minimum Gasteiger partial charge on any atom is -0.508 e. The lowest BCUT2D eigenvalue weighted by Gasteiger charge is -1.97. The molecule has 0 aromatic heterocycles. The Morgan fingerprint density at radius 2 is 1.93 bits per heavy atom. The van der Waals surface area contributed by atoms with Crippen molar-refractivity contribution in [3.05, 3.63) is 29.3 Å². The van der Waals surface area contributed by atoms with Gasteiger partial charge in [-0.15, -0.1) is 0 Å². The van der Waals surface area contributed by atoms with Crippen LogP contribution in [0.25, 0.3) is 0 Å². The molecule has 0 unspecified atom stereocenters. The minimum atomic E-state index is -0.968. The van der Waals surface area contributed by atoms with E-state index in [1.54, 1.807) is 6.07 Å². The molecule has 4 nitrogen and oxygen atoms in total. The number of aromatic hydroxyl groups is 1. The van der Waals surface area contributed by atoms with E-state index in [0.717, 1.165) is 5.56 Å². The van der Waals surface area contributed by atoms with Crippen molar-refractivity contribution in [2.75, 3.05) is 6.54 Å². The second kappa shape index (κ2) is 5.99. The fourth-order valence-corrected chi connectivity index (χ4v) is 0.805. The van der Waals surface area contributed by atoms with Crippen molar-refractivity contribution in [2.45, 2.75) is 13.8 Å². The molecule has 0 aliphatic heterocycles. The standard InChI is InChI=1S/C8H10O.C2H5NO2/c1-6-3-4-8(9)7(2)5-6;3-1-2(4)5/h3-5,9H,1-2H3;1,3H2,(H,4,5). The maximum atomic E-state index is 9.24. The number of carboxylic acid groups (broad SMARTS) is 1. The quantitative estimate of drug-likeness (QED) is 0.628. The molecule has 0 aliphatic carbocycles. The second-order valence-electron chi connectivity index (χ2n) is 2.89. The van der Waals surface area contributed by atoms with E-state index in [1.807, 2.05) is 26.0 Å². The van der Waals surface area contributed by atoms with E-state index in [0.29, 0.717) is 5.75 Å². The average molecular weight is 197 g/mol. The van der Waals surface area contributed by atoms with Gasteiger partial charge in [-0.2, -0.15) is 0 Å². The van der Waals surface area contributed by atoms with Crippen LogP contribution < -0.4 is 5.73 Å². The maximum Gasteiger partial charge on any atom is 0.317 e. The van der Waals surface area contributed by atoms with Gasteiger partial charge >= 0.3 is 5.97 Å². The zero-order valence-electron chi connectivity index (χ0n) is 8.32. The van der Waals surface area contributed by atoms with E-state index in [-0.39, 0.29) is 6.54 Å². The Balaban J connectivity index is 0.000000292. The molecule has 14 heavy (non-hydrogen) atoms. The molecule has 1 aromatic carbocycles. The first-order valence-corrected chi connectivity index (χ1v) is 4.15. The third kappa shape index (κ3) is 5.16. The van der Waals surface area contributed by atoms with Crippen LogP contribution >= 0.6 is 0 Å². The smallest absolute Gasteiger partial charge is 0.317 e. The summed E-state index contributed by atoms with van der Waals surface area (Å²) in [6.07, 6.45) is 0. The number of aliphatic carboxylic acids is 1. The van der Waals surface area contributed by atoms with E-state index in [9.17, 15) is 4.79 Å². The van der Waals surface area contributed by atoms with Gasteiger partial charge in [0, 0.05) is 0 Å². The van der Waals surface area contributed by atoms with E-state index in [4.69, 9.17) is 10.2 Å². The Labute approximate surface area is 83.0 Å². The number of phenols is 1. The monoisotopic (exact) mass is 197 g/mol. The molecule has 0 spiro atoms. The molecule has 0 radical (unpaired) electrons. The highest BCUT2D eigenvalue weighted by atomic mass is 16.4. The van der Waals surface area contributed by atoms with Gasteiger partial charge in [-0.05, 0) is 25.5 Å². The van der Waals surface area contributed by atoms with Gasteiger partial charge in [-0.3, -0.25) is 4.79 Å². The van der Waals surface area contributed by atoms with Crippen molar-refractivity contribution in [2.24, 2.45) is 5.73 Å². The summed E-state index contributed by atoms with van der Waals surface area (Å²) in [6.45, 7) is 3.62. The van der Waals surface area contributed by atoms with Crippen molar-refractivity contribution in [1.82, 2.24) is 0 Å². The number of aryl methyl sites for hydroxylation is 2. The second-order valence-corrected chi connectivity index (χ2v) is 2.89. The predicted molar refractivity (Wildman–Crippen MR) is 54.3 cm³/mol. The third-order valence-corrected chi connectivity index (χ3v) is 1.53. The van der Waals surface area contributed by atoms with E-state index >= 15 is 0 Å². The lowest BCUT2D eigenvalue weighted by atomic mass is 10.1. The first kappa shape index (κ1) is 12.4. The zero-order chi connectivity index (χ0) is 11.1. The van der Waals surface area contributed by atoms with Crippen LogP contribution in [0.1, 0.15) is 11.1 Å². The Morgan fingerprint density at radius 1 is 1.43 bits per heavy atom. The SMILES string of the molecule is Cc1ccc(O)c(C)c1.NCC(=O)O. The summed E-state index contributed by atoms with van der Waals surface area (Å²) < 4.78 is 0. The molecule has 1 aromatic rings. The van der Waals surface area contributed by atoms with Crippen LogP contribution in [-0.2, 0) is 4.79 Å². The summed E-state index contributed by atoms with van der Waals surface area (Å²) in [7, 11) is 0. The third-order valence-electron chi connectivity index (χ3n) is 1.53. The van der Waals surface area contributed by atoms with E-state index in [2.05, 4.69) is 5.73 Å². The molecule has 4 heteroatoms. The predicted octanol–water partition coefficient (Wildman–Crippen LogP) is 1.04. The van der Waals surface area contributed by atoms with Crippen LogP contribution in [0, 0.1) is 13.8 Å². The van der Waals surface area contributed by atoms with Gasteiger partial charge in [-0.1, -0.05) is 17.7 Å². The number of phenolic OH excluding ortho intramolecular Hbond substituents is 1. The fourth-order valence-electron chi connectivity index (χ4n) is 0.805. The van der Waals surface area contributed by atoms with Crippen molar-refractivity contribution >= 4 is 5.97 Å². The number of rotatable bonds is 1. The summed E-state index contributed by atoms with van der Waals surface area (Å²) in [5.74, 6) is -0.592. The molecule has 0 saturated carbocycles. The lowest BCUT2D eigenvalue weighted by molar-refractivity contribution is -0.135. The maximum absolute atomic E-state index is 9.24. The van der Waals surface area contributed by atoms with Crippen LogP contribution in [0.15, 0.2) is 18.2 Å². The van der Waals surface area contributed by atoms with Crippen LogP contribution in [-0.4, -0.2) is 22.7 Å². The zero-order valence-corrected chi connectivity index (χ0v) is 8.32. The molecule has 0 saturated heterocycles. The highest BCUT2D eigenvalue weighted by molar-refractivity contribution is 5.68. The Hall–Kier alpha value is -1.55. The number of hydrogen-bond acceptors (Lipinski definition) is 3. The molecule has 4 N–H and O–H groups in total. The van der Waals surface area contributed by atoms with Crippen LogP contribution in [0.4, 0.5) is 0 Å². The van der Waals surface area contributed by atoms with Gasteiger partial charge in [0.2, 0.25) is 0 Å². The van der Waals surface area contributed by atoms with Crippen LogP contribution in [0.2, 0.25) is 0 Å². The number of carbonyl (C=O) groups is 1. The van der Waals surface area contributed by atoms with Crippen molar-refractivity contribution < 1.29 is 15.0 Å². The Bertz CT molecular complexity index is 310. The van der Waals surface area contributed by atoms with Gasteiger partial charge in [0.15, 0.2) is 0 Å². The first-order chi connectivity index (χ1) is 6.47. The molecular formula is C10H15NO3. The Morgan fingerprint density at radius 3 is 2.21 bits per heavy atom. The summed E-state index contributed by atoms with van der Waals surface area (Å²) in [5.41, 5.74) is 6.70. The highest BCUT2D eigenvalue weighted by Crippen LogP contribution is 2.15.